The molecule has 0 radical (unpaired) electrons. The van der Waals surface area contributed by atoms with Crippen molar-refractivity contribution in [2.24, 2.45) is 0 Å². The van der Waals surface area contributed by atoms with Gasteiger partial charge in [-0.3, -0.25) is 14.4 Å². The number of hydrogen-bond acceptors (Lipinski definition) is 5. The number of hydrogen-bond donors (Lipinski definition) is 3. The van der Waals surface area contributed by atoms with Gasteiger partial charge in [-0.2, -0.15) is 0 Å². The van der Waals surface area contributed by atoms with Crippen molar-refractivity contribution < 1.29 is 24.6 Å². The van der Waals surface area contributed by atoms with Crippen LogP contribution in [0.15, 0.2) is 23.4 Å². The maximum absolute atomic E-state index is 11.9. The molecule has 3 N–H and O–H groups in total. The molecule has 0 unspecified atom stereocenters. The monoisotopic (exact) mass is 280 g/mol. The van der Waals surface area contributed by atoms with Gasteiger partial charge < -0.3 is 20.4 Å². The smallest absolute Gasteiger partial charge is 0.246 e. The molecule has 2 rings (SSSR count). The van der Waals surface area contributed by atoms with Crippen LogP contribution in [0.25, 0.3) is 0 Å². The summed E-state index contributed by atoms with van der Waals surface area (Å²) in [6, 6.07) is 0. The van der Waals surface area contributed by atoms with Crippen molar-refractivity contribution in [2.45, 2.75) is 25.6 Å². The zero-order valence-corrected chi connectivity index (χ0v) is 11.0. The van der Waals surface area contributed by atoms with Crippen molar-refractivity contribution in [1.82, 2.24) is 10.2 Å². The lowest BCUT2D eigenvalue weighted by atomic mass is 10.0. The van der Waals surface area contributed by atoms with Gasteiger partial charge in [-0.1, -0.05) is 0 Å². The summed E-state index contributed by atoms with van der Waals surface area (Å²) in [7, 11) is 0. The summed E-state index contributed by atoms with van der Waals surface area (Å²) in [6.45, 7) is 1.71. The van der Waals surface area contributed by atoms with Gasteiger partial charge in [0.2, 0.25) is 11.8 Å². The molecule has 0 aromatic rings. The molecule has 0 aromatic heterocycles. The second kappa shape index (κ2) is 5.56. The Labute approximate surface area is 115 Å². The van der Waals surface area contributed by atoms with Crippen LogP contribution in [0.3, 0.4) is 0 Å². The first-order chi connectivity index (χ1) is 9.38. The van der Waals surface area contributed by atoms with E-state index < -0.39 is 18.1 Å². The summed E-state index contributed by atoms with van der Waals surface area (Å²) in [5.41, 5.74) is 0.704. The normalized spacial score (nSPS) is 27.4. The zero-order valence-electron chi connectivity index (χ0n) is 11.0. The second-order valence-corrected chi connectivity index (χ2v) is 4.90. The van der Waals surface area contributed by atoms with E-state index in [4.69, 9.17) is 0 Å². The molecule has 20 heavy (non-hydrogen) atoms. The Morgan fingerprint density at radius 3 is 2.45 bits per heavy atom. The highest BCUT2D eigenvalue weighted by molar-refractivity contribution is 6.12. The third-order valence-electron chi connectivity index (χ3n) is 3.32. The van der Waals surface area contributed by atoms with Crippen molar-refractivity contribution in [3.63, 3.8) is 0 Å². The van der Waals surface area contributed by atoms with E-state index in [0.29, 0.717) is 11.3 Å². The zero-order chi connectivity index (χ0) is 14.9. The summed E-state index contributed by atoms with van der Waals surface area (Å²) in [6.07, 6.45) is 0.453. The first-order valence-corrected chi connectivity index (χ1v) is 6.25. The average molecular weight is 280 g/mol. The first-order valence-electron chi connectivity index (χ1n) is 6.25. The lowest BCUT2D eigenvalue weighted by molar-refractivity contribution is -0.127. The van der Waals surface area contributed by atoms with Crippen LogP contribution >= 0.6 is 0 Å². The molecule has 0 aromatic carbocycles. The van der Waals surface area contributed by atoms with Gasteiger partial charge in [0, 0.05) is 30.4 Å². The highest BCUT2D eigenvalue weighted by atomic mass is 16.3. The highest BCUT2D eigenvalue weighted by Crippen LogP contribution is 2.14. The number of ketones is 1. The molecule has 0 saturated carbocycles. The minimum Gasteiger partial charge on any atom is -0.388 e. The Morgan fingerprint density at radius 1 is 1.30 bits per heavy atom. The number of carbonyl (C=O) groups excluding carboxylic acids is 3. The van der Waals surface area contributed by atoms with E-state index in [2.05, 4.69) is 5.32 Å². The SMILES string of the molecule is CC1=C(/C=C/C(=O)N2C[C@@H](O)[C@@H](O)C2)C(=O)CC(=O)N1. The van der Waals surface area contributed by atoms with Crippen LogP contribution < -0.4 is 5.32 Å². The topological polar surface area (TPSA) is 107 Å². The molecule has 2 heterocycles. The maximum atomic E-state index is 11.9. The number of nitrogens with one attached hydrogen (secondary N) is 1. The van der Waals surface area contributed by atoms with Gasteiger partial charge in [-0.25, -0.2) is 0 Å². The number of aliphatic hydroxyl groups excluding tert-OH is 2. The third kappa shape index (κ3) is 2.94. The van der Waals surface area contributed by atoms with E-state index in [9.17, 15) is 24.6 Å². The second-order valence-electron chi connectivity index (χ2n) is 4.90. The molecule has 1 fully saturated rings. The Morgan fingerprint density at radius 2 is 1.90 bits per heavy atom. The Bertz CT molecular complexity index is 513. The lowest BCUT2D eigenvalue weighted by Gasteiger charge is -2.15. The molecular weight excluding hydrogens is 264 g/mol. The number of rotatable bonds is 2. The molecule has 1 saturated heterocycles. The molecule has 108 valence electrons. The van der Waals surface area contributed by atoms with Crippen LogP contribution in [-0.4, -0.2) is 58.0 Å². The van der Waals surface area contributed by atoms with Gasteiger partial charge >= 0.3 is 0 Å². The Kier molecular flexibility index (Phi) is 4.01. The molecule has 2 amide bonds. The van der Waals surface area contributed by atoms with E-state index in [1.807, 2.05) is 0 Å². The standard InChI is InChI=1S/C13H16N2O5/c1-7-8(9(16)4-12(19)14-7)2-3-13(20)15-5-10(17)11(18)6-15/h2-3,10-11,17-18H,4-6H2,1H3,(H,14,19)/b3-2+/t10-,11+. The molecule has 0 aliphatic carbocycles. The summed E-state index contributed by atoms with van der Waals surface area (Å²) in [5, 5.41) is 21.3. The third-order valence-corrected chi connectivity index (χ3v) is 3.32. The van der Waals surface area contributed by atoms with Gasteiger partial charge in [-0.05, 0) is 13.0 Å². The van der Waals surface area contributed by atoms with E-state index >= 15 is 0 Å². The Balaban J connectivity index is 2.06. The number of likely N-dealkylation sites (tertiary alicyclic amines) is 1. The number of Topliss-reactive ketones (excluding diaryl/α,β-unsaturated/α-hetero) is 1. The number of aliphatic hydroxyl groups is 2. The first kappa shape index (κ1) is 14.4. The van der Waals surface area contributed by atoms with Gasteiger partial charge in [0.1, 0.15) is 0 Å². The fourth-order valence-corrected chi connectivity index (χ4v) is 2.20. The van der Waals surface area contributed by atoms with Crippen LogP contribution in [0.2, 0.25) is 0 Å². The van der Waals surface area contributed by atoms with Crippen molar-refractivity contribution in [3.8, 4) is 0 Å². The van der Waals surface area contributed by atoms with E-state index in [0.717, 1.165) is 0 Å². The van der Waals surface area contributed by atoms with Crippen LogP contribution in [0.4, 0.5) is 0 Å². The molecule has 7 nitrogen and oxygen atoms in total. The number of amides is 2. The van der Waals surface area contributed by atoms with E-state index in [-0.39, 0.29) is 31.2 Å². The van der Waals surface area contributed by atoms with E-state index in [1.165, 1.54) is 17.1 Å². The minimum atomic E-state index is -0.941. The largest absolute Gasteiger partial charge is 0.388 e. The molecular formula is C13H16N2O5. The molecule has 7 heteroatoms. The lowest BCUT2D eigenvalue weighted by Crippen LogP contribution is -2.32. The minimum absolute atomic E-state index is 0.0626. The van der Waals surface area contributed by atoms with Gasteiger partial charge in [0.25, 0.3) is 0 Å². The average Bonchev–Trinajstić information content (AvgIpc) is 2.68. The number of carbonyl (C=O) groups is 3. The number of allylic oxidation sites excluding steroid dienone is 3. The van der Waals surface area contributed by atoms with Crippen molar-refractivity contribution in [1.29, 1.82) is 0 Å². The predicted molar refractivity (Wildman–Crippen MR) is 68.2 cm³/mol. The van der Waals surface area contributed by atoms with E-state index in [1.54, 1.807) is 6.92 Å². The molecule has 2 aliphatic heterocycles. The fourth-order valence-electron chi connectivity index (χ4n) is 2.20. The fraction of sp³-hybridized carbons (Fsp3) is 0.462. The summed E-state index contributed by atoms with van der Waals surface area (Å²) >= 11 is 0. The van der Waals surface area contributed by atoms with Gasteiger partial charge in [0.05, 0.1) is 18.6 Å². The molecule has 2 aliphatic rings. The van der Waals surface area contributed by atoms with Crippen LogP contribution in [-0.2, 0) is 14.4 Å². The Hall–Kier alpha value is -1.99. The molecule has 0 bridgehead atoms. The maximum Gasteiger partial charge on any atom is 0.246 e. The molecule has 0 spiro atoms. The quantitative estimate of drug-likeness (QED) is 0.420. The summed E-state index contributed by atoms with van der Waals surface area (Å²) in [5.74, 6) is -1.09. The number of nitrogens with zero attached hydrogens (tertiary/aromatic N) is 1. The van der Waals surface area contributed by atoms with Gasteiger partial charge in [-0.15, -0.1) is 0 Å². The van der Waals surface area contributed by atoms with Crippen LogP contribution in [0.1, 0.15) is 13.3 Å². The van der Waals surface area contributed by atoms with Crippen molar-refractivity contribution in [3.05, 3.63) is 23.4 Å². The highest BCUT2D eigenvalue weighted by Gasteiger charge is 2.31. The molecule has 2 atom stereocenters. The van der Waals surface area contributed by atoms with Crippen molar-refractivity contribution in [2.75, 3.05) is 13.1 Å². The van der Waals surface area contributed by atoms with Crippen LogP contribution in [0.5, 0.6) is 0 Å². The predicted octanol–water partition coefficient (Wildman–Crippen LogP) is -1.53. The van der Waals surface area contributed by atoms with Gasteiger partial charge in [0.15, 0.2) is 5.78 Å². The number of β-amino-alcohol motifs (C(OH)–C–C–N with tert-alkyl or cyclic N) is 2. The van der Waals surface area contributed by atoms with Crippen molar-refractivity contribution >= 4 is 17.6 Å². The van der Waals surface area contributed by atoms with Crippen LogP contribution in [0, 0.1) is 0 Å². The summed E-state index contributed by atoms with van der Waals surface area (Å²) in [4.78, 5) is 36.0. The summed E-state index contributed by atoms with van der Waals surface area (Å²) < 4.78 is 0.